The summed E-state index contributed by atoms with van der Waals surface area (Å²) in [6.07, 6.45) is -6.75. The Hall–Kier alpha value is -3.45. The van der Waals surface area contributed by atoms with Crippen molar-refractivity contribution in [2.24, 2.45) is 0 Å². The minimum Gasteiger partial charge on any atom is -0.422 e. The lowest BCUT2D eigenvalue weighted by molar-refractivity contribution is -0.132. The van der Waals surface area contributed by atoms with Crippen LogP contribution >= 0.6 is 0 Å². The van der Waals surface area contributed by atoms with Gasteiger partial charge in [0.05, 0.1) is 11.3 Å². The summed E-state index contributed by atoms with van der Waals surface area (Å²) in [4.78, 5) is 25.2. The number of aryl methyl sites for hydroxylation is 1. The number of nitrogens with zero attached hydrogens (tertiary/aromatic N) is 1. The first-order valence-electron chi connectivity index (χ1n) is 10.5. The van der Waals surface area contributed by atoms with E-state index >= 15 is 0 Å². The Labute approximate surface area is 203 Å². The van der Waals surface area contributed by atoms with Gasteiger partial charge in [0, 0.05) is 44.1 Å². The van der Waals surface area contributed by atoms with Gasteiger partial charge >= 0.3 is 17.9 Å². The van der Waals surface area contributed by atoms with Crippen molar-refractivity contribution in [3.05, 3.63) is 69.3 Å². The maximum atomic E-state index is 14.6. The van der Waals surface area contributed by atoms with Gasteiger partial charge in [-0.25, -0.2) is 27.1 Å². The molecule has 0 bridgehead atoms. The van der Waals surface area contributed by atoms with Crippen molar-refractivity contribution in [3.63, 3.8) is 0 Å². The molecule has 1 amide bonds. The molecule has 0 aliphatic carbocycles. The number of alkyl halides is 3. The molecule has 0 fully saturated rings. The second-order valence-corrected chi connectivity index (χ2v) is 9.89. The summed E-state index contributed by atoms with van der Waals surface area (Å²) >= 11 is 0. The summed E-state index contributed by atoms with van der Waals surface area (Å²) < 4.78 is 88.5. The van der Waals surface area contributed by atoms with Gasteiger partial charge in [-0.3, -0.25) is 0 Å². The van der Waals surface area contributed by atoms with Crippen LogP contribution in [0.15, 0.2) is 50.5 Å². The van der Waals surface area contributed by atoms with Gasteiger partial charge in [0.2, 0.25) is 10.0 Å². The molecule has 0 unspecified atom stereocenters. The van der Waals surface area contributed by atoms with Crippen LogP contribution in [0.5, 0.6) is 5.75 Å². The highest BCUT2D eigenvalue weighted by atomic mass is 32.2. The predicted molar refractivity (Wildman–Crippen MR) is 122 cm³/mol. The molecule has 1 aromatic heterocycles. The number of hydrogen-bond donors (Lipinski definition) is 1. The topological polar surface area (TPSA) is 106 Å². The van der Waals surface area contributed by atoms with Crippen molar-refractivity contribution in [2.75, 3.05) is 20.6 Å². The lowest BCUT2D eigenvalue weighted by Gasteiger charge is -2.13. The van der Waals surface area contributed by atoms with Gasteiger partial charge in [0.1, 0.15) is 5.58 Å². The van der Waals surface area contributed by atoms with Gasteiger partial charge in [-0.1, -0.05) is 12.1 Å². The molecule has 0 radical (unpaired) electrons. The quantitative estimate of drug-likeness (QED) is 0.364. The van der Waals surface area contributed by atoms with E-state index in [1.807, 2.05) is 4.72 Å². The van der Waals surface area contributed by atoms with E-state index in [2.05, 4.69) is 0 Å². The van der Waals surface area contributed by atoms with Crippen LogP contribution in [0.1, 0.15) is 23.1 Å². The average Bonchev–Trinajstić information content (AvgIpc) is 2.77. The summed E-state index contributed by atoms with van der Waals surface area (Å²) in [5.41, 5.74) is 0.0598. The van der Waals surface area contributed by atoms with E-state index in [1.54, 1.807) is 6.92 Å². The van der Waals surface area contributed by atoms with E-state index in [4.69, 9.17) is 9.15 Å². The molecule has 3 aromatic rings. The number of fused-ring (bicyclic) bond motifs is 1. The highest BCUT2D eigenvalue weighted by Crippen LogP contribution is 2.29. The number of nitrogens with one attached hydrogen (secondary N) is 1. The second kappa shape index (κ2) is 10.3. The van der Waals surface area contributed by atoms with Crippen LogP contribution in [0.4, 0.5) is 22.4 Å². The van der Waals surface area contributed by atoms with Crippen molar-refractivity contribution in [3.8, 4) is 5.75 Å². The number of hydrogen-bond acceptors (Lipinski definition) is 6. The van der Waals surface area contributed by atoms with Crippen LogP contribution in [0.2, 0.25) is 0 Å². The second-order valence-electron chi connectivity index (χ2n) is 8.12. The summed E-state index contributed by atoms with van der Waals surface area (Å²) in [6.45, 7) is 0.736. The Bertz CT molecular complexity index is 1470. The van der Waals surface area contributed by atoms with E-state index in [1.165, 1.54) is 38.4 Å². The highest BCUT2D eigenvalue weighted by molar-refractivity contribution is 7.89. The smallest absolute Gasteiger partial charge is 0.414 e. The zero-order valence-electron chi connectivity index (χ0n) is 19.4. The maximum Gasteiger partial charge on any atom is 0.414 e. The van der Waals surface area contributed by atoms with Crippen molar-refractivity contribution < 1.29 is 39.9 Å². The molecule has 0 aliphatic rings. The van der Waals surface area contributed by atoms with Gasteiger partial charge in [-0.15, -0.1) is 0 Å². The Morgan fingerprint density at radius 2 is 1.86 bits per heavy atom. The minimum atomic E-state index is -4.51. The molecule has 13 heteroatoms. The molecule has 0 aliphatic heterocycles. The fraction of sp³-hybridized carbons (Fsp3) is 0.304. The zero-order chi connectivity index (χ0) is 26.8. The summed E-state index contributed by atoms with van der Waals surface area (Å²) in [5, 5.41) is 0.240. The SMILES string of the molecule is Cc1c(Cc2cccc(S(=O)(=O)NCCC(F)(F)F)c2)c(=O)oc2cc(OC(=O)N(C)C)c(F)cc12. The number of benzene rings is 2. The van der Waals surface area contributed by atoms with Crippen LogP contribution in [-0.4, -0.2) is 46.2 Å². The third kappa shape index (κ3) is 6.40. The maximum absolute atomic E-state index is 14.6. The molecule has 0 saturated carbocycles. The van der Waals surface area contributed by atoms with E-state index in [-0.39, 0.29) is 27.8 Å². The van der Waals surface area contributed by atoms with E-state index in [0.717, 1.165) is 17.0 Å². The first-order chi connectivity index (χ1) is 16.7. The Morgan fingerprint density at radius 1 is 1.17 bits per heavy atom. The molecule has 36 heavy (non-hydrogen) atoms. The van der Waals surface area contributed by atoms with Crippen molar-refractivity contribution in [2.45, 2.75) is 30.8 Å². The number of carbonyl (C=O) groups excluding carboxylic acids is 1. The van der Waals surface area contributed by atoms with Crippen LogP contribution in [0.25, 0.3) is 11.0 Å². The molecule has 1 heterocycles. The Morgan fingerprint density at radius 3 is 2.50 bits per heavy atom. The Kier molecular flexibility index (Phi) is 7.74. The van der Waals surface area contributed by atoms with Crippen LogP contribution < -0.4 is 15.1 Å². The molecule has 8 nitrogen and oxygen atoms in total. The number of ether oxygens (including phenoxy) is 1. The first-order valence-corrected chi connectivity index (χ1v) is 12.0. The predicted octanol–water partition coefficient (Wildman–Crippen LogP) is 4.12. The van der Waals surface area contributed by atoms with Crippen LogP contribution in [0.3, 0.4) is 0 Å². The van der Waals surface area contributed by atoms with Gasteiger partial charge in [0.15, 0.2) is 11.6 Å². The van der Waals surface area contributed by atoms with Crippen molar-refractivity contribution >= 4 is 27.1 Å². The summed E-state index contributed by atoms with van der Waals surface area (Å²) in [6, 6.07) is 7.49. The fourth-order valence-corrected chi connectivity index (χ4v) is 4.40. The molecule has 3 rings (SSSR count). The fourth-order valence-electron chi connectivity index (χ4n) is 3.29. The largest absolute Gasteiger partial charge is 0.422 e. The van der Waals surface area contributed by atoms with E-state index in [9.17, 15) is 35.6 Å². The lowest BCUT2D eigenvalue weighted by atomic mass is 9.99. The third-order valence-electron chi connectivity index (χ3n) is 5.19. The monoisotopic (exact) mass is 530 g/mol. The minimum absolute atomic E-state index is 0.0191. The van der Waals surface area contributed by atoms with Crippen LogP contribution in [0, 0.1) is 12.7 Å². The molecule has 0 atom stereocenters. The van der Waals surface area contributed by atoms with Gasteiger partial charge in [-0.05, 0) is 36.2 Å². The molecule has 0 saturated heterocycles. The molecular weight excluding hydrogens is 508 g/mol. The first kappa shape index (κ1) is 27.1. The highest BCUT2D eigenvalue weighted by Gasteiger charge is 2.27. The number of amides is 1. The third-order valence-corrected chi connectivity index (χ3v) is 6.65. The van der Waals surface area contributed by atoms with E-state index < -0.39 is 52.5 Å². The van der Waals surface area contributed by atoms with Crippen LogP contribution in [-0.2, 0) is 16.4 Å². The van der Waals surface area contributed by atoms with E-state index in [0.29, 0.717) is 11.1 Å². The van der Waals surface area contributed by atoms with Gasteiger partial charge in [-0.2, -0.15) is 13.2 Å². The van der Waals surface area contributed by atoms with Crippen molar-refractivity contribution in [1.82, 2.24) is 9.62 Å². The molecule has 2 aromatic carbocycles. The molecule has 0 spiro atoms. The number of halogens is 4. The summed E-state index contributed by atoms with van der Waals surface area (Å²) in [5.74, 6) is -1.29. The average molecular weight is 530 g/mol. The molecule has 1 N–H and O–H groups in total. The number of rotatable bonds is 7. The lowest BCUT2D eigenvalue weighted by Crippen LogP contribution is -2.28. The van der Waals surface area contributed by atoms with Crippen molar-refractivity contribution in [1.29, 1.82) is 0 Å². The Balaban J connectivity index is 1.91. The normalized spacial score (nSPS) is 12.1. The van der Waals surface area contributed by atoms with Gasteiger partial charge in [0.25, 0.3) is 0 Å². The summed E-state index contributed by atoms with van der Waals surface area (Å²) in [7, 11) is -1.40. The molecule has 194 valence electrons. The van der Waals surface area contributed by atoms with Gasteiger partial charge < -0.3 is 14.1 Å². The number of sulfonamides is 1. The zero-order valence-corrected chi connectivity index (χ0v) is 20.2. The standard InChI is InChI=1S/C23H22F4N2O6S/c1-13-16-11-18(24)20(35-22(31)29(2)3)12-19(16)34-21(30)17(13)10-14-5-4-6-15(9-14)36(32,33)28-8-7-23(25,26)27/h4-6,9,11-12,28H,7-8,10H2,1-3H3. The number of carbonyl (C=O) groups is 1. The molecular formula is C23H22F4N2O6S.